The number of para-hydroxylation sites is 2. The van der Waals surface area contributed by atoms with Crippen LogP contribution in [0.25, 0.3) is 60.9 Å². The molecule has 0 bridgehead atoms. The maximum atomic E-state index is 2.51. The van der Waals surface area contributed by atoms with Crippen LogP contribution in [0.3, 0.4) is 0 Å². The average Bonchev–Trinajstić information content (AvgIpc) is 3.96. The Morgan fingerprint density at radius 1 is 0.364 bits per heavy atom. The lowest BCUT2D eigenvalue weighted by Gasteiger charge is -2.35. The highest BCUT2D eigenvalue weighted by Gasteiger charge is 2.46. The molecule has 66 heavy (non-hydrogen) atoms. The Morgan fingerprint density at radius 2 is 0.909 bits per heavy atom. The highest BCUT2D eigenvalue weighted by atomic mass is 15.1. The van der Waals surface area contributed by atoms with Gasteiger partial charge in [-0.2, -0.15) is 0 Å². The van der Waals surface area contributed by atoms with Crippen molar-refractivity contribution in [1.82, 2.24) is 4.57 Å². The third kappa shape index (κ3) is 5.48. The molecule has 10 aromatic carbocycles. The molecule has 0 radical (unpaired) electrons. The van der Waals surface area contributed by atoms with Gasteiger partial charge in [-0.15, -0.1) is 0 Å². The summed E-state index contributed by atoms with van der Waals surface area (Å²) in [7, 11) is 0. The van der Waals surface area contributed by atoms with Crippen molar-refractivity contribution in [2.75, 3.05) is 4.90 Å². The Balaban J connectivity index is 0.985. The van der Waals surface area contributed by atoms with Crippen molar-refractivity contribution >= 4 is 38.9 Å². The number of aromatic nitrogens is 1. The molecule has 1 heterocycles. The number of anilines is 3. The van der Waals surface area contributed by atoms with Crippen LogP contribution < -0.4 is 4.90 Å². The van der Waals surface area contributed by atoms with Gasteiger partial charge in [-0.1, -0.05) is 202 Å². The molecule has 2 heteroatoms. The lowest BCUT2D eigenvalue weighted by Crippen LogP contribution is -2.28. The van der Waals surface area contributed by atoms with Crippen molar-refractivity contribution in [3.05, 3.63) is 276 Å². The molecule has 11 aromatic rings. The molecular formula is C64H46N2. The van der Waals surface area contributed by atoms with E-state index in [0.29, 0.717) is 0 Å². The fraction of sp³-hybridized carbons (Fsp3) is 0.0625. The smallest absolute Gasteiger partial charge is 0.0714 e. The Bertz CT molecular complexity index is 3610. The SMILES string of the molecule is CC1(C)c2cc(N(c3ccccc3)c3cccc(C4(c5ccccc5)c5ccccc5-c5ccccc54)c3)ccc2-c2ccc3c4ccccc4n(-c4ccc(-c5ccccc5)cc4)c3c21. The van der Waals surface area contributed by atoms with Gasteiger partial charge in [0.25, 0.3) is 0 Å². The Hall–Kier alpha value is -8.20. The third-order valence-electron chi connectivity index (χ3n) is 14.6. The summed E-state index contributed by atoms with van der Waals surface area (Å²) in [5.74, 6) is 0. The van der Waals surface area contributed by atoms with Crippen molar-refractivity contribution in [3.8, 4) is 39.1 Å². The van der Waals surface area contributed by atoms with Gasteiger partial charge >= 0.3 is 0 Å². The topological polar surface area (TPSA) is 8.17 Å². The number of fused-ring (bicyclic) bond motifs is 10. The molecule has 0 fully saturated rings. The summed E-state index contributed by atoms with van der Waals surface area (Å²) in [6, 6.07) is 89.8. The molecule has 0 saturated heterocycles. The number of hydrogen-bond donors (Lipinski definition) is 0. The summed E-state index contributed by atoms with van der Waals surface area (Å²) in [5.41, 5.74) is 21.7. The van der Waals surface area contributed by atoms with Gasteiger partial charge in [-0.05, 0) is 121 Å². The standard InChI is InChI=1S/C64H46N2/c1-63(2)59-42-50(37-38-53(59)55-39-40-56-54-29-14-17-32-60(54)66(62(56)61(55)63)48-35-33-44(34-36-48)43-19-6-3-7-20-43)65(47-24-10-5-11-25-47)49-26-18-23-46(41-49)64(45-21-8-4-9-22-45)57-30-15-12-27-51(57)52-28-13-16-31-58(52)64/h3-42H,1-2H3. The van der Waals surface area contributed by atoms with Crippen LogP contribution in [0.15, 0.2) is 243 Å². The molecule has 0 saturated carbocycles. The molecule has 2 nitrogen and oxygen atoms in total. The third-order valence-corrected chi connectivity index (χ3v) is 14.6. The van der Waals surface area contributed by atoms with E-state index < -0.39 is 5.41 Å². The van der Waals surface area contributed by atoms with E-state index in [1.54, 1.807) is 0 Å². The van der Waals surface area contributed by atoms with Crippen LogP contribution >= 0.6 is 0 Å². The minimum absolute atomic E-state index is 0.310. The lowest BCUT2D eigenvalue weighted by molar-refractivity contribution is 0.664. The highest BCUT2D eigenvalue weighted by Crippen LogP contribution is 2.58. The zero-order chi connectivity index (χ0) is 44.0. The molecule has 312 valence electrons. The summed E-state index contributed by atoms with van der Waals surface area (Å²) in [6.07, 6.45) is 0. The second kappa shape index (κ2) is 14.7. The molecule has 13 rings (SSSR count). The molecule has 0 atom stereocenters. The van der Waals surface area contributed by atoms with Crippen molar-refractivity contribution in [1.29, 1.82) is 0 Å². The van der Waals surface area contributed by atoms with Crippen molar-refractivity contribution in [2.24, 2.45) is 0 Å². The maximum Gasteiger partial charge on any atom is 0.0714 e. The minimum atomic E-state index is -0.500. The van der Waals surface area contributed by atoms with E-state index in [9.17, 15) is 0 Å². The first kappa shape index (κ1) is 38.3. The predicted molar refractivity (Wildman–Crippen MR) is 276 cm³/mol. The first-order chi connectivity index (χ1) is 32.5. The molecule has 2 aliphatic carbocycles. The fourth-order valence-corrected chi connectivity index (χ4v) is 11.8. The summed E-state index contributed by atoms with van der Waals surface area (Å²) >= 11 is 0. The zero-order valence-electron chi connectivity index (χ0n) is 37.0. The van der Waals surface area contributed by atoms with E-state index in [0.717, 1.165) is 22.7 Å². The first-order valence-corrected chi connectivity index (χ1v) is 23.1. The molecule has 0 N–H and O–H groups in total. The first-order valence-electron chi connectivity index (χ1n) is 23.1. The quantitative estimate of drug-likeness (QED) is 0.155. The summed E-state index contributed by atoms with van der Waals surface area (Å²) in [6.45, 7) is 4.85. The van der Waals surface area contributed by atoms with Crippen molar-refractivity contribution < 1.29 is 0 Å². The molecule has 0 aliphatic heterocycles. The van der Waals surface area contributed by atoms with Gasteiger partial charge in [0.15, 0.2) is 0 Å². The van der Waals surface area contributed by atoms with E-state index in [4.69, 9.17) is 0 Å². The normalized spacial score (nSPS) is 13.8. The van der Waals surface area contributed by atoms with E-state index in [2.05, 4.69) is 266 Å². The summed E-state index contributed by atoms with van der Waals surface area (Å²) in [5, 5.41) is 2.55. The Kier molecular flexibility index (Phi) is 8.51. The summed E-state index contributed by atoms with van der Waals surface area (Å²) < 4.78 is 2.51. The molecular weight excluding hydrogens is 797 g/mol. The van der Waals surface area contributed by atoms with Gasteiger partial charge in [-0.3, -0.25) is 0 Å². The summed E-state index contributed by atoms with van der Waals surface area (Å²) in [4.78, 5) is 2.45. The number of rotatable bonds is 7. The van der Waals surface area contributed by atoms with Gasteiger partial charge in [0, 0.05) is 38.9 Å². The monoisotopic (exact) mass is 842 g/mol. The largest absolute Gasteiger partial charge is 0.310 e. The van der Waals surface area contributed by atoms with Crippen LogP contribution in [-0.2, 0) is 10.8 Å². The van der Waals surface area contributed by atoms with E-state index in [1.165, 1.54) is 88.6 Å². The molecule has 0 unspecified atom stereocenters. The molecule has 0 amide bonds. The maximum absolute atomic E-state index is 2.51. The van der Waals surface area contributed by atoms with E-state index in [-0.39, 0.29) is 5.41 Å². The Labute approximate surface area is 386 Å². The lowest BCUT2D eigenvalue weighted by atomic mass is 9.67. The second-order valence-electron chi connectivity index (χ2n) is 18.4. The van der Waals surface area contributed by atoms with Gasteiger partial charge in [0.2, 0.25) is 0 Å². The number of nitrogens with zero attached hydrogens (tertiary/aromatic N) is 2. The number of benzene rings is 10. The average molecular weight is 843 g/mol. The highest BCUT2D eigenvalue weighted by molar-refractivity contribution is 6.13. The van der Waals surface area contributed by atoms with Crippen LogP contribution in [0.1, 0.15) is 47.2 Å². The van der Waals surface area contributed by atoms with Gasteiger partial charge in [0.1, 0.15) is 0 Å². The molecule has 0 spiro atoms. The van der Waals surface area contributed by atoms with Gasteiger partial charge in [0.05, 0.1) is 16.4 Å². The Morgan fingerprint density at radius 3 is 1.64 bits per heavy atom. The van der Waals surface area contributed by atoms with Gasteiger partial charge in [-0.25, -0.2) is 0 Å². The van der Waals surface area contributed by atoms with E-state index in [1.807, 2.05) is 0 Å². The molecule has 2 aliphatic rings. The van der Waals surface area contributed by atoms with Crippen LogP contribution in [0.4, 0.5) is 17.1 Å². The number of hydrogen-bond acceptors (Lipinski definition) is 1. The minimum Gasteiger partial charge on any atom is -0.310 e. The van der Waals surface area contributed by atoms with Crippen LogP contribution in [0, 0.1) is 0 Å². The molecule has 1 aromatic heterocycles. The predicted octanol–water partition coefficient (Wildman–Crippen LogP) is 16.6. The van der Waals surface area contributed by atoms with Crippen LogP contribution in [0.2, 0.25) is 0 Å². The van der Waals surface area contributed by atoms with Crippen LogP contribution in [0.5, 0.6) is 0 Å². The van der Waals surface area contributed by atoms with Crippen molar-refractivity contribution in [2.45, 2.75) is 24.7 Å². The zero-order valence-corrected chi connectivity index (χ0v) is 37.0. The van der Waals surface area contributed by atoms with Crippen molar-refractivity contribution in [3.63, 3.8) is 0 Å². The second-order valence-corrected chi connectivity index (χ2v) is 18.4. The van der Waals surface area contributed by atoms with Gasteiger partial charge < -0.3 is 9.47 Å². The van der Waals surface area contributed by atoms with E-state index >= 15 is 0 Å². The van der Waals surface area contributed by atoms with Crippen LogP contribution in [-0.4, -0.2) is 4.57 Å². The fourth-order valence-electron chi connectivity index (χ4n) is 11.8.